The minimum Gasteiger partial charge on any atom is -0.452 e. The Kier molecular flexibility index (Phi) is 7.66. The Morgan fingerprint density at radius 1 is 1.21 bits per heavy atom. The van der Waals surface area contributed by atoms with Crippen LogP contribution in [0.3, 0.4) is 0 Å². The molecule has 10 heteroatoms. The van der Waals surface area contributed by atoms with Crippen LogP contribution in [0.25, 0.3) is 6.08 Å². The number of carbonyl (C=O) groups is 2. The molecule has 0 bridgehead atoms. The minimum atomic E-state index is -3.65. The van der Waals surface area contributed by atoms with Gasteiger partial charge >= 0.3 is 5.97 Å². The number of hydrogen-bond acceptors (Lipinski definition) is 5. The molecule has 154 valence electrons. The highest BCUT2D eigenvalue weighted by Crippen LogP contribution is 2.18. The van der Waals surface area contributed by atoms with Gasteiger partial charge in [0.1, 0.15) is 5.82 Å². The third-order valence-electron chi connectivity index (χ3n) is 3.60. The first-order valence-electron chi connectivity index (χ1n) is 8.22. The van der Waals surface area contributed by atoms with Crippen LogP contribution < -0.4 is 5.32 Å². The third kappa shape index (κ3) is 6.48. The van der Waals surface area contributed by atoms with Crippen molar-refractivity contribution in [2.45, 2.75) is 4.90 Å². The van der Waals surface area contributed by atoms with Crippen molar-refractivity contribution < 1.29 is 27.1 Å². The average Bonchev–Trinajstić information content (AvgIpc) is 2.67. The highest BCUT2D eigenvalue weighted by atomic mass is 79.9. The van der Waals surface area contributed by atoms with Crippen LogP contribution in [0.15, 0.2) is 57.9 Å². The summed E-state index contributed by atoms with van der Waals surface area (Å²) in [7, 11) is -0.855. The van der Waals surface area contributed by atoms with E-state index in [-0.39, 0.29) is 16.1 Å². The third-order valence-corrected chi connectivity index (χ3v) is 5.90. The zero-order chi connectivity index (χ0) is 21.6. The second-order valence-electron chi connectivity index (χ2n) is 5.97. The van der Waals surface area contributed by atoms with Gasteiger partial charge in [0, 0.05) is 35.9 Å². The number of halogens is 2. The summed E-state index contributed by atoms with van der Waals surface area (Å²) in [5.41, 5.74) is 0.417. The van der Waals surface area contributed by atoms with Crippen molar-refractivity contribution in [3.8, 4) is 0 Å². The number of esters is 1. The quantitative estimate of drug-likeness (QED) is 0.481. The molecule has 2 rings (SSSR count). The molecule has 0 unspecified atom stereocenters. The minimum absolute atomic E-state index is 0.0104. The van der Waals surface area contributed by atoms with Crippen LogP contribution in [0.1, 0.15) is 5.56 Å². The van der Waals surface area contributed by atoms with Gasteiger partial charge in [-0.15, -0.1) is 0 Å². The Morgan fingerprint density at radius 3 is 2.62 bits per heavy atom. The number of nitrogens with one attached hydrogen (secondary N) is 1. The summed E-state index contributed by atoms with van der Waals surface area (Å²) < 4.78 is 44.4. The fraction of sp³-hybridized carbons (Fsp3) is 0.158. The molecule has 0 aliphatic heterocycles. The summed E-state index contributed by atoms with van der Waals surface area (Å²) in [4.78, 5) is 23.7. The highest BCUT2D eigenvalue weighted by molar-refractivity contribution is 9.10. The van der Waals surface area contributed by atoms with E-state index in [9.17, 15) is 22.4 Å². The molecule has 2 aromatic carbocycles. The highest BCUT2D eigenvalue weighted by Gasteiger charge is 2.17. The second-order valence-corrected chi connectivity index (χ2v) is 9.04. The number of benzene rings is 2. The summed E-state index contributed by atoms with van der Waals surface area (Å²) >= 11 is 3.20. The zero-order valence-electron chi connectivity index (χ0n) is 15.6. The number of nitrogens with zero attached hydrogens (tertiary/aromatic N) is 1. The van der Waals surface area contributed by atoms with Crippen LogP contribution in [-0.2, 0) is 24.3 Å². The number of carbonyl (C=O) groups excluding carboxylic acids is 2. The lowest BCUT2D eigenvalue weighted by Gasteiger charge is -2.12. The monoisotopic (exact) mass is 484 g/mol. The van der Waals surface area contributed by atoms with Gasteiger partial charge in [0.25, 0.3) is 5.91 Å². The predicted molar refractivity (Wildman–Crippen MR) is 110 cm³/mol. The van der Waals surface area contributed by atoms with Gasteiger partial charge < -0.3 is 10.1 Å². The lowest BCUT2D eigenvalue weighted by atomic mass is 10.2. The Hall–Kier alpha value is -2.56. The summed E-state index contributed by atoms with van der Waals surface area (Å²) in [6, 6.07) is 9.93. The van der Waals surface area contributed by atoms with Crippen molar-refractivity contribution in [3.63, 3.8) is 0 Å². The lowest BCUT2D eigenvalue weighted by molar-refractivity contribution is -0.142. The molecule has 2 aromatic rings. The van der Waals surface area contributed by atoms with E-state index in [2.05, 4.69) is 21.2 Å². The van der Waals surface area contributed by atoms with Gasteiger partial charge in [-0.2, -0.15) is 0 Å². The van der Waals surface area contributed by atoms with E-state index in [0.29, 0.717) is 4.47 Å². The largest absolute Gasteiger partial charge is 0.452 e. The molecule has 0 radical (unpaired) electrons. The molecule has 1 amide bonds. The second kappa shape index (κ2) is 9.77. The van der Waals surface area contributed by atoms with Crippen molar-refractivity contribution in [1.82, 2.24) is 4.31 Å². The number of amides is 1. The smallest absolute Gasteiger partial charge is 0.331 e. The Bertz CT molecular complexity index is 1050. The Balaban J connectivity index is 1.94. The molecular formula is C19H18BrFN2O5S. The summed E-state index contributed by atoms with van der Waals surface area (Å²) in [5, 5.41) is 2.45. The normalized spacial score (nSPS) is 11.6. The van der Waals surface area contributed by atoms with Crippen molar-refractivity contribution in [2.24, 2.45) is 0 Å². The maximum Gasteiger partial charge on any atom is 0.331 e. The summed E-state index contributed by atoms with van der Waals surface area (Å²) in [5.74, 6) is -1.99. The van der Waals surface area contributed by atoms with Gasteiger partial charge in [0.05, 0.1) is 4.90 Å². The van der Waals surface area contributed by atoms with Crippen LogP contribution in [-0.4, -0.2) is 45.3 Å². The molecule has 0 atom stereocenters. The van der Waals surface area contributed by atoms with Gasteiger partial charge in [-0.3, -0.25) is 4.79 Å². The molecule has 0 heterocycles. The summed E-state index contributed by atoms with van der Waals surface area (Å²) in [6.07, 6.45) is 2.23. The van der Waals surface area contributed by atoms with Crippen LogP contribution in [0.4, 0.5) is 10.1 Å². The molecule has 0 saturated carbocycles. The van der Waals surface area contributed by atoms with Crippen molar-refractivity contribution >= 4 is 49.6 Å². The first-order chi connectivity index (χ1) is 13.6. The maximum absolute atomic E-state index is 13.6. The molecule has 0 fully saturated rings. The van der Waals surface area contributed by atoms with E-state index in [4.69, 9.17) is 4.74 Å². The molecular weight excluding hydrogens is 467 g/mol. The summed E-state index contributed by atoms with van der Waals surface area (Å²) in [6.45, 7) is -0.588. The van der Waals surface area contributed by atoms with Crippen molar-refractivity contribution in [1.29, 1.82) is 0 Å². The first-order valence-corrected chi connectivity index (χ1v) is 10.5. The Morgan fingerprint density at radius 2 is 1.93 bits per heavy atom. The SMILES string of the molecule is CN(C)S(=O)(=O)c1cccc(NC(=O)COC(=O)/C=C/c2cc(Br)ccc2F)c1. The standard InChI is InChI=1S/C19H18BrFN2O5S/c1-23(2)29(26,27)16-5-3-4-15(11-16)22-18(24)12-28-19(25)9-6-13-10-14(20)7-8-17(13)21/h3-11H,12H2,1-2H3,(H,22,24)/b9-6+. The van der Waals surface area contributed by atoms with Crippen molar-refractivity contribution in [3.05, 3.63) is 64.4 Å². The molecule has 7 nitrogen and oxygen atoms in total. The van der Waals surface area contributed by atoms with Crippen LogP contribution in [0.2, 0.25) is 0 Å². The fourth-order valence-corrected chi connectivity index (χ4v) is 3.45. The maximum atomic E-state index is 13.6. The van der Waals surface area contributed by atoms with E-state index in [1.165, 1.54) is 62.6 Å². The van der Waals surface area contributed by atoms with Gasteiger partial charge in [0.2, 0.25) is 10.0 Å². The molecule has 0 aliphatic carbocycles. The molecule has 0 spiro atoms. The topological polar surface area (TPSA) is 92.8 Å². The number of sulfonamides is 1. The number of ether oxygens (including phenoxy) is 1. The van der Waals surface area contributed by atoms with E-state index in [1.807, 2.05) is 0 Å². The van der Waals surface area contributed by atoms with Crippen LogP contribution in [0, 0.1) is 5.82 Å². The molecule has 1 N–H and O–H groups in total. The molecule has 0 saturated heterocycles. The van der Waals surface area contributed by atoms with Crippen molar-refractivity contribution in [2.75, 3.05) is 26.0 Å². The van der Waals surface area contributed by atoms with Crippen LogP contribution in [0.5, 0.6) is 0 Å². The molecule has 29 heavy (non-hydrogen) atoms. The number of hydrogen-bond donors (Lipinski definition) is 1. The van der Waals surface area contributed by atoms with Gasteiger partial charge in [-0.25, -0.2) is 21.9 Å². The Labute approximate surface area is 176 Å². The van der Waals surface area contributed by atoms with Gasteiger partial charge in [-0.1, -0.05) is 22.0 Å². The predicted octanol–water partition coefficient (Wildman–Crippen LogP) is 3.03. The van der Waals surface area contributed by atoms with E-state index in [0.717, 1.165) is 10.4 Å². The number of rotatable bonds is 7. The first kappa shape index (κ1) is 22.7. The van der Waals surface area contributed by atoms with Crippen LogP contribution >= 0.6 is 15.9 Å². The van der Waals surface area contributed by atoms with Gasteiger partial charge in [-0.05, 0) is 42.5 Å². The van der Waals surface area contributed by atoms with Gasteiger partial charge in [0.15, 0.2) is 6.61 Å². The van der Waals surface area contributed by atoms with E-state index >= 15 is 0 Å². The van der Waals surface area contributed by atoms with E-state index in [1.54, 1.807) is 0 Å². The fourth-order valence-electron chi connectivity index (χ4n) is 2.13. The molecule has 0 aliphatic rings. The van der Waals surface area contributed by atoms with E-state index < -0.39 is 34.3 Å². The zero-order valence-corrected chi connectivity index (χ0v) is 18.0. The average molecular weight is 485 g/mol. The number of anilines is 1. The molecule has 0 aromatic heterocycles. The lowest BCUT2D eigenvalue weighted by Crippen LogP contribution is -2.23.